The summed E-state index contributed by atoms with van der Waals surface area (Å²) in [5.41, 5.74) is 7.89. The topological polar surface area (TPSA) is 27.7 Å². The van der Waals surface area contributed by atoms with E-state index in [1.165, 1.54) is 76.9 Å². The Morgan fingerprint density at radius 1 is 0.667 bits per heavy atom. The summed E-state index contributed by atoms with van der Waals surface area (Å²) in [5.74, 6) is 0.157. The maximum atomic E-state index is 5.58. The van der Waals surface area contributed by atoms with Crippen LogP contribution in [0.3, 0.4) is 0 Å². The maximum Gasteiger partial charge on any atom is 0.0642 e. The third kappa shape index (κ3) is 5.62. The van der Waals surface area contributed by atoms with E-state index in [1.54, 1.807) is 0 Å². The SMILES string of the molecule is CCCNc1ccc(C(c2ccc(N3CCCCC3)cc2)c2ccc(N3CCOCC3)cc2)c2ccccc12. The van der Waals surface area contributed by atoms with E-state index in [2.05, 4.69) is 107 Å². The standard InChI is InChI=1S/C35H41N3O/c1-2-20-36-34-19-18-33(31-8-4-5-9-32(31)34)35(27-10-14-29(15-11-27)37-21-6-3-7-22-37)28-12-16-30(17-13-28)38-23-25-39-26-24-38/h4-5,8-19,35-36H,2-3,6-7,20-26H2,1H3. The van der Waals surface area contributed by atoms with E-state index in [4.69, 9.17) is 4.74 Å². The van der Waals surface area contributed by atoms with Gasteiger partial charge in [-0.15, -0.1) is 0 Å². The smallest absolute Gasteiger partial charge is 0.0642 e. The highest BCUT2D eigenvalue weighted by molar-refractivity contribution is 5.97. The van der Waals surface area contributed by atoms with Gasteiger partial charge in [-0.25, -0.2) is 0 Å². The van der Waals surface area contributed by atoms with E-state index in [9.17, 15) is 0 Å². The highest BCUT2D eigenvalue weighted by atomic mass is 16.5. The molecule has 0 bridgehead atoms. The Morgan fingerprint density at radius 3 is 1.87 bits per heavy atom. The average Bonchev–Trinajstić information content (AvgIpc) is 3.02. The molecule has 6 rings (SSSR count). The van der Waals surface area contributed by atoms with Gasteiger partial charge in [-0.1, -0.05) is 61.5 Å². The fraction of sp³-hybridized carbons (Fsp3) is 0.371. The second-order valence-electron chi connectivity index (χ2n) is 10.9. The molecule has 4 nitrogen and oxygen atoms in total. The lowest BCUT2D eigenvalue weighted by atomic mass is 9.82. The first kappa shape index (κ1) is 25.8. The van der Waals surface area contributed by atoms with Gasteiger partial charge in [0, 0.05) is 61.1 Å². The zero-order chi connectivity index (χ0) is 26.4. The van der Waals surface area contributed by atoms with Crippen LogP contribution in [0.25, 0.3) is 10.8 Å². The largest absolute Gasteiger partial charge is 0.385 e. The quantitative estimate of drug-likeness (QED) is 0.242. The van der Waals surface area contributed by atoms with Gasteiger partial charge in [0.15, 0.2) is 0 Å². The summed E-state index contributed by atoms with van der Waals surface area (Å²) in [6, 6.07) is 32.2. The molecule has 2 aliphatic heterocycles. The van der Waals surface area contributed by atoms with Crippen molar-refractivity contribution in [3.63, 3.8) is 0 Å². The minimum atomic E-state index is 0.157. The van der Waals surface area contributed by atoms with Gasteiger partial charge in [-0.2, -0.15) is 0 Å². The van der Waals surface area contributed by atoms with E-state index < -0.39 is 0 Å². The zero-order valence-corrected chi connectivity index (χ0v) is 23.2. The first-order valence-electron chi connectivity index (χ1n) is 14.8. The number of morpholine rings is 1. The Hall–Kier alpha value is -3.50. The van der Waals surface area contributed by atoms with E-state index in [0.29, 0.717) is 0 Å². The monoisotopic (exact) mass is 519 g/mol. The van der Waals surface area contributed by atoms with Crippen LogP contribution < -0.4 is 15.1 Å². The van der Waals surface area contributed by atoms with Crippen LogP contribution in [0.5, 0.6) is 0 Å². The van der Waals surface area contributed by atoms with Gasteiger partial charge in [0.25, 0.3) is 0 Å². The van der Waals surface area contributed by atoms with Crippen molar-refractivity contribution in [2.75, 3.05) is 61.1 Å². The van der Waals surface area contributed by atoms with Crippen LogP contribution in [0.4, 0.5) is 17.1 Å². The number of hydrogen-bond acceptors (Lipinski definition) is 4. The fourth-order valence-electron chi connectivity index (χ4n) is 6.27. The van der Waals surface area contributed by atoms with Crippen LogP contribution >= 0.6 is 0 Å². The molecular formula is C35H41N3O. The second kappa shape index (κ2) is 12.1. The highest BCUT2D eigenvalue weighted by Gasteiger charge is 2.22. The van der Waals surface area contributed by atoms with Gasteiger partial charge in [-0.3, -0.25) is 0 Å². The fourth-order valence-corrected chi connectivity index (χ4v) is 6.27. The molecule has 0 radical (unpaired) electrons. The second-order valence-corrected chi connectivity index (χ2v) is 10.9. The molecule has 1 unspecified atom stereocenters. The summed E-state index contributed by atoms with van der Waals surface area (Å²) in [6.07, 6.45) is 5.05. The third-order valence-corrected chi connectivity index (χ3v) is 8.38. The normalized spacial score (nSPS) is 16.8. The van der Waals surface area contributed by atoms with E-state index >= 15 is 0 Å². The van der Waals surface area contributed by atoms with Crippen molar-refractivity contribution in [2.24, 2.45) is 0 Å². The van der Waals surface area contributed by atoms with E-state index in [-0.39, 0.29) is 5.92 Å². The van der Waals surface area contributed by atoms with Crippen molar-refractivity contribution in [3.05, 3.63) is 102 Å². The Bertz CT molecular complexity index is 1290. The predicted molar refractivity (Wildman–Crippen MR) is 166 cm³/mol. The number of hydrogen-bond donors (Lipinski definition) is 1. The summed E-state index contributed by atoms with van der Waals surface area (Å²) in [4.78, 5) is 4.97. The molecule has 4 heteroatoms. The molecule has 2 fully saturated rings. The molecule has 1 N–H and O–H groups in total. The molecule has 4 aromatic rings. The number of fused-ring (bicyclic) bond motifs is 1. The van der Waals surface area contributed by atoms with Crippen molar-refractivity contribution in [3.8, 4) is 0 Å². The Kier molecular flexibility index (Phi) is 8.01. The van der Waals surface area contributed by atoms with Crippen molar-refractivity contribution in [2.45, 2.75) is 38.5 Å². The summed E-state index contributed by atoms with van der Waals surface area (Å²) in [7, 11) is 0. The minimum absolute atomic E-state index is 0.157. The molecule has 0 spiro atoms. The zero-order valence-electron chi connectivity index (χ0n) is 23.2. The molecular weight excluding hydrogens is 478 g/mol. The number of benzene rings is 4. The molecule has 2 aliphatic rings. The van der Waals surface area contributed by atoms with Crippen molar-refractivity contribution < 1.29 is 4.74 Å². The van der Waals surface area contributed by atoms with Crippen LogP contribution in [0, 0.1) is 0 Å². The van der Waals surface area contributed by atoms with Gasteiger partial charge < -0.3 is 19.9 Å². The Labute approximate surface area is 233 Å². The van der Waals surface area contributed by atoms with Gasteiger partial charge in [-0.05, 0) is 78.1 Å². The van der Waals surface area contributed by atoms with Crippen molar-refractivity contribution in [1.82, 2.24) is 0 Å². The van der Waals surface area contributed by atoms with E-state index in [1.807, 2.05) is 0 Å². The highest BCUT2D eigenvalue weighted by Crippen LogP contribution is 2.39. The van der Waals surface area contributed by atoms with Gasteiger partial charge in [0.05, 0.1) is 13.2 Å². The lowest BCUT2D eigenvalue weighted by Gasteiger charge is -2.30. The minimum Gasteiger partial charge on any atom is -0.385 e. The van der Waals surface area contributed by atoms with Crippen molar-refractivity contribution in [1.29, 1.82) is 0 Å². The lowest BCUT2D eigenvalue weighted by molar-refractivity contribution is 0.122. The number of piperidine rings is 1. The Morgan fingerprint density at radius 2 is 1.26 bits per heavy atom. The molecule has 0 aromatic heterocycles. The van der Waals surface area contributed by atoms with Gasteiger partial charge >= 0.3 is 0 Å². The number of anilines is 3. The number of nitrogens with one attached hydrogen (secondary N) is 1. The summed E-state index contributed by atoms with van der Waals surface area (Å²) >= 11 is 0. The molecule has 4 aromatic carbocycles. The molecule has 39 heavy (non-hydrogen) atoms. The Balaban J connectivity index is 1.41. The molecule has 202 valence electrons. The maximum absolute atomic E-state index is 5.58. The molecule has 0 amide bonds. The first-order chi connectivity index (χ1) is 19.3. The van der Waals surface area contributed by atoms with Crippen molar-refractivity contribution >= 4 is 27.8 Å². The van der Waals surface area contributed by atoms with Gasteiger partial charge in [0.1, 0.15) is 0 Å². The van der Waals surface area contributed by atoms with E-state index in [0.717, 1.165) is 39.3 Å². The van der Waals surface area contributed by atoms with Gasteiger partial charge in [0.2, 0.25) is 0 Å². The number of ether oxygens (including phenoxy) is 1. The number of rotatable bonds is 8. The summed E-state index contributed by atoms with van der Waals surface area (Å²) in [6.45, 7) is 9.05. The molecule has 0 aliphatic carbocycles. The molecule has 2 saturated heterocycles. The van der Waals surface area contributed by atoms with Crippen LogP contribution in [-0.4, -0.2) is 45.9 Å². The lowest BCUT2D eigenvalue weighted by Crippen LogP contribution is -2.36. The summed E-state index contributed by atoms with van der Waals surface area (Å²) < 4.78 is 5.58. The number of nitrogens with zero attached hydrogens (tertiary/aromatic N) is 2. The van der Waals surface area contributed by atoms with Crippen LogP contribution in [0.2, 0.25) is 0 Å². The summed E-state index contributed by atoms with van der Waals surface area (Å²) in [5, 5.41) is 6.26. The predicted octanol–water partition coefficient (Wildman–Crippen LogP) is 7.67. The first-order valence-corrected chi connectivity index (χ1v) is 14.8. The average molecular weight is 520 g/mol. The van der Waals surface area contributed by atoms with Crippen LogP contribution in [0.1, 0.15) is 55.2 Å². The molecule has 1 atom stereocenters. The van der Waals surface area contributed by atoms with Crippen LogP contribution in [0.15, 0.2) is 84.9 Å². The molecule has 2 heterocycles. The third-order valence-electron chi connectivity index (χ3n) is 8.38. The van der Waals surface area contributed by atoms with Crippen LogP contribution in [-0.2, 0) is 4.74 Å². The molecule has 0 saturated carbocycles.